The van der Waals surface area contributed by atoms with Gasteiger partial charge in [0.05, 0.1) is 12.8 Å². The number of aryl methyl sites for hydroxylation is 1. The molecule has 1 atom stereocenters. The number of benzene rings is 2. The summed E-state index contributed by atoms with van der Waals surface area (Å²) in [6.45, 7) is 1.55. The Hall–Kier alpha value is -3.08. The number of amides is 1. The van der Waals surface area contributed by atoms with Crippen LogP contribution in [-0.4, -0.2) is 40.8 Å². The standard InChI is InChI=1S/C24H27N3O2/c1-26-23(16-22(25-26)19-12-8-13-21(15-19)29-2)24(28)27-14-7-6-11-20(17-27)18-9-4-3-5-10-18/h3-5,8-10,12-13,15-16,20H,6-7,11,14,17H2,1-2H3. The molecule has 1 aliphatic rings. The summed E-state index contributed by atoms with van der Waals surface area (Å²) < 4.78 is 7.01. The molecule has 5 nitrogen and oxygen atoms in total. The van der Waals surface area contributed by atoms with Crippen LogP contribution < -0.4 is 4.74 Å². The number of ether oxygens (including phenoxy) is 1. The number of hydrogen-bond acceptors (Lipinski definition) is 3. The van der Waals surface area contributed by atoms with Gasteiger partial charge in [-0.2, -0.15) is 5.10 Å². The first-order chi connectivity index (χ1) is 14.2. The van der Waals surface area contributed by atoms with Gasteiger partial charge in [-0.1, -0.05) is 48.9 Å². The Bertz CT molecular complexity index is 981. The van der Waals surface area contributed by atoms with E-state index in [2.05, 4.69) is 29.4 Å². The molecule has 2 aromatic carbocycles. The predicted octanol–water partition coefficient (Wildman–Crippen LogP) is 4.51. The molecule has 3 aromatic rings. The molecule has 1 amide bonds. The molecule has 1 aromatic heterocycles. The maximum atomic E-state index is 13.4. The van der Waals surface area contributed by atoms with Gasteiger partial charge in [-0.15, -0.1) is 0 Å². The van der Waals surface area contributed by atoms with Crippen LogP contribution in [0.3, 0.4) is 0 Å². The molecule has 2 heterocycles. The van der Waals surface area contributed by atoms with E-state index in [-0.39, 0.29) is 5.91 Å². The Balaban J connectivity index is 1.58. The smallest absolute Gasteiger partial charge is 0.272 e. The maximum Gasteiger partial charge on any atom is 0.272 e. The van der Waals surface area contributed by atoms with Crippen molar-refractivity contribution in [3.8, 4) is 17.0 Å². The Morgan fingerprint density at radius 1 is 1.07 bits per heavy atom. The van der Waals surface area contributed by atoms with Crippen LogP contribution >= 0.6 is 0 Å². The van der Waals surface area contributed by atoms with Crippen molar-refractivity contribution in [2.45, 2.75) is 25.2 Å². The third-order valence-corrected chi connectivity index (χ3v) is 5.69. The van der Waals surface area contributed by atoms with Crippen molar-refractivity contribution >= 4 is 5.91 Å². The number of rotatable bonds is 4. The molecule has 29 heavy (non-hydrogen) atoms. The molecule has 0 spiro atoms. The van der Waals surface area contributed by atoms with Gasteiger partial charge in [0.15, 0.2) is 0 Å². The molecule has 0 radical (unpaired) electrons. The summed E-state index contributed by atoms with van der Waals surface area (Å²) in [5, 5.41) is 4.59. The fraction of sp³-hybridized carbons (Fsp3) is 0.333. The van der Waals surface area contributed by atoms with E-state index in [1.165, 1.54) is 5.56 Å². The fourth-order valence-electron chi connectivity index (χ4n) is 4.08. The van der Waals surface area contributed by atoms with E-state index in [0.29, 0.717) is 11.6 Å². The molecular weight excluding hydrogens is 362 g/mol. The Morgan fingerprint density at radius 2 is 1.90 bits per heavy atom. The quantitative estimate of drug-likeness (QED) is 0.660. The van der Waals surface area contributed by atoms with E-state index >= 15 is 0 Å². The fourth-order valence-corrected chi connectivity index (χ4v) is 4.08. The number of hydrogen-bond donors (Lipinski definition) is 0. The van der Waals surface area contributed by atoms with Crippen LogP contribution in [0.2, 0.25) is 0 Å². The van der Waals surface area contributed by atoms with E-state index < -0.39 is 0 Å². The van der Waals surface area contributed by atoms with Gasteiger partial charge in [-0.3, -0.25) is 9.48 Å². The molecule has 0 N–H and O–H groups in total. The third kappa shape index (κ3) is 4.19. The predicted molar refractivity (Wildman–Crippen MR) is 114 cm³/mol. The summed E-state index contributed by atoms with van der Waals surface area (Å²) in [5.74, 6) is 1.21. The molecule has 1 saturated heterocycles. The van der Waals surface area contributed by atoms with Crippen LogP contribution in [-0.2, 0) is 7.05 Å². The van der Waals surface area contributed by atoms with Gasteiger partial charge in [0.2, 0.25) is 0 Å². The lowest BCUT2D eigenvalue weighted by molar-refractivity contribution is 0.0743. The zero-order chi connectivity index (χ0) is 20.2. The van der Waals surface area contributed by atoms with Crippen LogP contribution in [0.5, 0.6) is 5.75 Å². The average molecular weight is 389 g/mol. The Labute approximate surface area is 171 Å². The summed E-state index contributed by atoms with van der Waals surface area (Å²) in [7, 11) is 3.48. The largest absolute Gasteiger partial charge is 0.497 e. The van der Waals surface area contributed by atoms with E-state index in [4.69, 9.17) is 4.74 Å². The van der Waals surface area contributed by atoms with Gasteiger partial charge >= 0.3 is 0 Å². The minimum absolute atomic E-state index is 0.0528. The van der Waals surface area contributed by atoms with Crippen LogP contribution in [0.25, 0.3) is 11.3 Å². The van der Waals surface area contributed by atoms with Crippen molar-refractivity contribution < 1.29 is 9.53 Å². The summed E-state index contributed by atoms with van der Waals surface area (Å²) >= 11 is 0. The summed E-state index contributed by atoms with van der Waals surface area (Å²) in [5.41, 5.74) is 3.66. The first-order valence-corrected chi connectivity index (χ1v) is 10.2. The van der Waals surface area contributed by atoms with Crippen molar-refractivity contribution in [3.05, 3.63) is 71.9 Å². The molecule has 0 bridgehead atoms. The maximum absolute atomic E-state index is 13.4. The average Bonchev–Trinajstić information content (AvgIpc) is 2.99. The van der Waals surface area contributed by atoms with Crippen molar-refractivity contribution in [1.29, 1.82) is 0 Å². The van der Waals surface area contributed by atoms with Crippen LogP contribution in [0.1, 0.15) is 41.2 Å². The molecule has 4 rings (SSSR count). The van der Waals surface area contributed by atoms with Gasteiger partial charge in [-0.25, -0.2) is 0 Å². The first kappa shape index (κ1) is 19.2. The van der Waals surface area contributed by atoms with Gasteiger partial charge < -0.3 is 9.64 Å². The highest BCUT2D eigenvalue weighted by molar-refractivity contribution is 5.93. The number of methoxy groups -OCH3 is 1. The number of likely N-dealkylation sites (tertiary alicyclic amines) is 1. The number of aromatic nitrogens is 2. The highest BCUT2D eigenvalue weighted by Gasteiger charge is 2.26. The number of carbonyl (C=O) groups is 1. The Morgan fingerprint density at radius 3 is 2.69 bits per heavy atom. The lowest BCUT2D eigenvalue weighted by atomic mass is 9.94. The summed E-state index contributed by atoms with van der Waals surface area (Å²) in [4.78, 5) is 15.4. The molecule has 1 aliphatic heterocycles. The third-order valence-electron chi connectivity index (χ3n) is 5.69. The topological polar surface area (TPSA) is 47.4 Å². The zero-order valence-corrected chi connectivity index (χ0v) is 17.0. The molecule has 0 saturated carbocycles. The van der Waals surface area contributed by atoms with E-state index in [1.807, 2.05) is 48.3 Å². The highest BCUT2D eigenvalue weighted by atomic mass is 16.5. The molecule has 1 fully saturated rings. The molecular formula is C24H27N3O2. The minimum Gasteiger partial charge on any atom is -0.497 e. The van der Waals surface area contributed by atoms with Gasteiger partial charge in [-0.05, 0) is 36.6 Å². The van der Waals surface area contributed by atoms with Crippen molar-refractivity contribution in [3.63, 3.8) is 0 Å². The van der Waals surface area contributed by atoms with Crippen molar-refractivity contribution in [2.75, 3.05) is 20.2 Å². The summed E-state index contributed by atoms with van der Waals surface area (Å²) in [6.07, 6.45) is 3.30. The first-order valence-electron chi connectivity index (χ1n) is 10.2. The molecule has 0 aliphatic carbocycles. The zero-order valence-electron chi connectivity index (χ0n) is 17.0. The normalized spacial score (nSPS) is 17.0. The monoisotopic (exact) mass is 389 g/mol. The highest BCUT2D eigenvalue weighted by Crippen LogP contribution is 2.28. The van der Waals surface area contributed by atoms with Crippen molar-refractivity contribution in [1.82, 2.24) is 14.7 Å². The second-order valence-corrected chi connectivity index (χ2v) is 7.62. The number of nitrogens with zero attached hydrogens (tertiary/aromatic N) is 3. The van der Waals surface area contributed by atoms with Crippen molar-refractivity contribution in [2.24, 2.45) is 7.05 Å². The lowest BCUT2D eigenvalue weighted by Gasteiger charge is -2.24. The molecule has 150 valence electrons. The second-order valence-electron chi connectivity index (χ2n) is 7.62. The van der Waals surface area contributed by atoms with Gasteiger partial charge in [0.25, 0.3) is 5.91 Å². The second kappa shape index (κ2) is 8.52. The lowest BCUT2D eigenvalue weighted by Crippen LogP contribution is -2.35. The van der Waals surface area contributed by atoms with Crippen LogP contribution in [0.4, 0.5) is 0 Å². The minimum atomic E-state index is 0.0528. The van der Waals surface area contributed by atoms with E-state index in [1.54, 1.807) is 11.8 Å². The summed E-state index contributed by atoms with van der Waals surface area (Å²) in [6, 6.07) is 20.2. The van der Waals surface area contributed by atoms with Crippen LogP contribution in [0, 0.1) is 0 Å². The Kier molecular flexibility index (Phi) is 5.65. The number of carbonyl (C=O) groups excluding carboxylic acids is 1. The SMILES string of the molecule is COc1cccc(-c2cc(C(=O)N3CCCCC(c4ccccc4)C3)n(C)n2)c1. The van der Waals surface area contributed by atoms with E-state index in [9.17, 15) is 4.79 Å². The van der Waals surface area contributed by atoms with Gasteiger partial charge in [0.1, 0.15) is 11.4 Å². The molecule has 1 unspecified atom stereocenters. The van der Waals surface area contributed by atoms with Gasteiger partial charge in [0, 0.05) is 31.6 Å². The van der Waals surface area contributed by atoms with Crippen LogP contribution in [0.15, 0.2) is 60.7 Å². The molecule has 5 heteroatoms. The van der Waals surface area contributed by atoms with E-state index in [0.717, 1.165) is 49.4 Å².